The first-order valence-corrected chi connectivity index (χ1v) is 8.75. The van der Waals surface area contributed by atoms with Crippen LogP contribution in [0.5, 0.6) is 0 Å². The molecule has 2 aliphatic heterocycles. The average molecular weight is 334 g/mol. The van der Waals surface area contributed by atoms with E-state index in [9.17, 15) is 14.4 Å². The summed E-state index contributed by atoms with van der Waals surface area (Å²) in [5.41, 5.74) is 1.61. The second-order valence-corrected chi connectivity index (χ2v) is 7.06. The van der Waals surface area contributed by atoms with Gasteiger partial charge in [-0.2, -0.15) is 0 Å². The van der Waals surface area contributed by atoms with Crippen LogP contribution in [-0.4, -0.2) is 44.1 Å². The zero-order chi connectivity index (χ0) is 17.4. The molecule has 0 aromatic carbocycles. The molecule has 0 N–H and O–H groups in total. The monoisotopic (exact) mass is 334 g/mol. The topological polar surface area (TPSA) is 67.6 Å². The Balaban J connectivity index is 1.98. The fourth-order valence-corrected chi connectivity index (χ4v) is 3.74. The Labute approximate surface area is 141 Å². The zero-order valence-electron chi connectivity index (χ0n) is 14.7. The van der Waals surface area contributed by atoms with Crippen molar-refractivity contribution in [1.82, 2.24) is 19.2 Å². The maximum atomic E-state index is 12.9. The smallest absolute Gasteiger partial charge is 0.272 e. The third-order valence-electron chi connectivity index (χ3n) is 5.06. The molecule has 2 saturated heterocycles. The molecule has 0 atom stereocenters. The zero-order valence-corrected chi connectivity index (χ0v) is 14.7. The predicted molar refractivity (Wildman–Crippen MR) is 89.4 cm³/mol. The highest BCUT2D eigenvalue weighted by atomic mass is 16.2. The minimum absolute atomic E-state index is 0.0474. The van der Waals surface area contributed by atoms with Crippen LogP contribution >= 0.6 is 0 Å². The Morgan fingerprint density at radius 2 is 1.38 bits per heavy atom. The SMILES string of the molecule is Cc1c(C(C)C)c(=O)n(CN2CCCC2=O)n1CN1CCCC1=O. The van der Waals surface area contributed by atoms with Gasteiger partial charge in [-0.3, -0.25) is 19.1 Å². The molecule has 7 nitrogen and oxygen atoms in total. The van der Waals surface area contributed by atoms with Crippen molar-refractivity contribution in [3.05, 3.63) is 21.6 Å². The van der Waals surface area contributed by atoms with E-state index >= 15 is 0 Å². The normalized spacial score (nSPS) is 18.5. The number of nitrogens with zero attached hydrogens (tertiary/aromatic N) is 4. The van der Waals surface area contributed by atoms with Crippen molar-refractivity contribution in [1.29, 1.82) is 0 Å². The number of carbonyl (C=O) groups is 2. The lowest BCUT2D eigenvalue weighted by molar-refractivity contribution is -0.131. The number of aromatic nitrogens is 2. The fraction of sp³-hybridized carbons (Fsp3) is 0.706. The number of carbonyl (C=O) groups excluding carboxylic acids is 2. The molecular formula is C17H26N4O3. The lowest BCUT2D eigenvalue weighted by Gasteiger charge is -2.23. The van der Waals surface area contributed by atoms with E-state index in [0.29, 0.717) is 26.1 Å². The maximum absolute atomic E-state index is 12.9. The summed E-state index contributed by atoms with van der Waals surface area (Å²) in [5, 5.41) is 0. The van der Waals surface area contributed by atoms with Gasteiger partial charge < -0.3 is 9.80 Å². The van der Waals surface area contributed by atoms with Crippen LogP contribution in [0.3, 0.4) is 0 Å². The quantitative estimate of drug-likeness (QED) is 0.814. The Bertz CT molecular complexity index is 716. The van der Waals surface area contributed by atoms with Crippen LogP contribution in [-0.2, 0) is 22.9 Å². The van der Waals surface area contributed by atoms with Crippen molar-refractivity contribution >= 4 is 11.8 Å². The Morgan fingerprint density at radius 3 is 1.79 bits per heavy atom. The summed E-state index contributed by atoms with van der Waals surface area (Å²) in [6.45, 7) is 8.00. The molecule has 3 heterocycles. The third-order valence-corrected chi connectivity index (χ3v) is 5.06. The average Bonchev–Trinajstić information content (AvgIpc) is 3.16. The summed E-state index contributed by atoms with van der Waals surface area (Å²) >= 11 is 0. The summed E-state index contributed by atoms with van der Waals surface area (Å²) in [6.07, 6.45) is 2.84. The van der Waals surface area contributed by atoms with Crippen molar-refractivity contribution in [2.24, 2.45) is 0 Å². The van der Waals surface area contributed by atoms with E-state index in [2.05, 4.69) is 0 Å². The van der Waals surface area contributed by atoms with Crippen molar-refractivity contribution in [3.8, 4) is 0 Å². The van der Waals surface area contributed by atoms with Gasteiger partial charge in [0.15, 0.2) is 0 Å². The van der Waals surface area contributed by atoms with Gasteiger partial charge in [-0.05, 0) is 25.7 Å². The molecule has 3 rings (SSSR count). The molecule has 7 heteroatoms. The second-order valence-electron chi connectivity index (χ2n) is 7.06. The summed E-state index contributed by atoms with van der Waals surface area (Å²) in [5.74, 6) is 0.328. The molecule has 1 aromatic rings. The Kier molecular flexibility index (Phi) is 4.51. The van der Waals surface area contributed by atoms with E-state index in [1.54, 1.807) is 14.5 Å². The van der Waals surface area contributed by atoms with Gasteiger partial charge >= 0.3 is 0 Å². The van der Waals surface area contributed by atoms with E-state index in [0.717, 1.165) is 30.6 Å². The summed E-state index contributed by atoms with van der Waals surface area (Å²) < 4.78 is 3.52. The van der Waals surface area contributed by atoms with Crippen LogP contribution < -0.4 is 5.56 Å². The molecule has 0 radical (unpaired) electrons. The summed E-state index contributed by atoms with van der Waals surface area (Å²) in [4.78, 5) is 40.4. The van der Waals surface area contributed by atoms with Crippen molar-refractivity contribution in [2.45, 2.75) is 65.7 Å². The molecule has 0 bridgehead atoms. The van der Waals surface area contributed by atoms with Gasteiger partial charge in [-0.1, -0.05) is 13.8 Å². The van der Waals surface area contributed by atoms with E-state index in [4.69, 9.17) is 0 Å². The van der Waals surface area contributed by atoms with Crippen LogP contribution in [0.15, 0.2) is 4.79 Å². The molecule has 2 aliphatic rings. The highest BCUT2D eigenvalue weighted by molar-refractivity contribution is 5.78. The molecule has 24 heavy (non-hydrogen) atoms. The highest BCUT2D eigenvalue weighted by Crippen LogP contribution is 2.19. The third kappa shape index (κ3) is 2.87. The van der Waals surface area contributed by atoms with Gasteiger partial charge in [0.1, 0.15) is 13.3 Å². The molecule has 132 valence electrons. The molecule has 0 aliphatic carbocycles. The lowest BCUT2D eigenvalue weighted by atomic mass is 10.0. The van der Waals surface area contributed by atoms with E-state index in [1.807, 2.05) is 25.5 Å². The predicted octanol–water partition coefficient (Wildman–Crippen LogP) is 1.24. The van der Waals surface area contributed by atoms with Crippen LogP contribution in [0.25, 0.3) is 0 Å². The number of likely N-dealkylation sites (tertiary alicyclic amines) is 2. The first-order chi connectivity index (χ1) is 11.4. The van der Waals surface area contributed by atoms with Crippen LogP contribution in [0.2, 0.25) is 0 Å². The van der Waals surface area contributed by atoms with Crippen molar-refractivity contribution in [3.63, 3.8) is 0 Å². The molecule has 1 aromatic heterocycles. The van der Waals surface area contributed by atoms with Gasteiger partial charge in [-0.15, -0.1) is 0 Å². The number of hydrogen-bond donors (Lipinski definition) is 0. The van der Waals surface area contributed by atoms with E-state index < -0.39 is 0 Å². The Hall–Kier alpha value is -2.05. The van der Waals surface area contributed by atoms with E-state index in [-0.39, 0.29) is 30.0 Å². The maximum Gasteiger partial charge on any atom is 0.272 e. The summed E-state index contributed by atoms with van der Waals surface area (Å²) in [6, 6.07) is 0. The minimum Gasteiger partial charge on any atom is -0.323 e. The van der Waals surface area contributed by atoms with Crippen molar-refractivity contribution < 1.29 is 9.59 Å². The molecule has 0 unspecified atom stereocenters. The number of hydrogen-bond acceptors (Lipinski definition) is 3. The van der Waals surface area contributed by atoms with Gasteiger partial charge in [-0.25, -0.2) is 4.68 Å². The molecule has 2 fully saturated rings. The molecule has 0 saturated carbocycles. The lowest BCUT2D eigenvalue weighted by Crippen LogP contribution is -2.38. The first-order valence-electron chi connectivity index (χ1n) is 8.75. The van der Waals surface area contributed by atoms with Gasteiger partial charge in [0, 0.05) is 37.2 Å². The number of amides is 2. The van der Waals surface area contributed by atoms with Crippen LogP contribution in [0.4, 0.5) is 0 Å². The highest BCUT2D eigenvalue weighted by Gasteiger charge is 2.27. The van der Waals surface area contributed by atoms with Crippen molar-refractivity contribution in [2.75, 3.05) is 13.1 Å². The fourth-order valence-electron chi connectivity index (χ4n) is 3.74. The number of rotatable bonds is 5. The summed E-state index contributed by atoms with van der Waals surface area (Å²) in [7, 11) is 0. The standard InChI is InChI=1S/C17H26N4O3/c1-12(2)16-13(3)20(10-18-8-4-6-14(18)22)21(17(16)24)11-19-9-5-7-15(19)23/h12H,4-11H2,1-3H3. The van der Waals surface area contributed by atoms with Gasteiger partial charge in [0.2, 0.25) is 11.8 Å². The van der Waals surface area contributed by atoms with Crippen LogP contribution in [0, 0.1) is 6.92 Å². The van der Waals surface area contributed by atoms with E-state index in [1.165, 1.54) is 0 Å². The molecule has 0 spiro atoms. The van der Waals surface area contributed by atoms with Gasteiger partial charge in [0.25, 0.3) is 5.56 Å². The second kappa shape index (κ2) is 6.45. The van der Waals surface area contributed by atoms with Crippen LogP contribution in [0.1, 0.15) is 56.7 Å². The largest absolute Gasteiger partial charge is 0.323 e. The van der Waals surface area contributed by atoms with Gasteiger partial charge in [0.05, 0.1) is 0 Å². The minimum atomic E-state index is -0.0474. The molecular weight excluding hydrogens is 308 g/mol. The Morgan fingerprint density at radius 1 is 0.875 bits per heavy atom. The first kappa shape index (κ1) is 16.8. The molecule has 2 amide bonds.